The molecule has 0 bridgehead atoms. The summed E-state index contributed by atoms with van der Waals surface area (Å²) in [7, 11) is 0. The summed E-state index contributed by atoms with van der Waals surface area (Å²) in [4.78, 5) is 15.1. The van der Waals surface area contributed by atoms with Crippen LogP contribution < -0.4 is 0 Å². The first-order valence-electron chi connectivity index (χ1n) is 4.90. The Morgan fingerprint density at radius 2 is 2.40 bits per heavy atom. The molecule has 0 saturated heterocycles. The zero-order valence-corrected chi connectivity index (χ0v) is 8.14. The van der Waals surface area contributed by atoms with Gasteiger partial charge in [-0.1, -0.05) is 0 Å². The van der Waals surface area contributed by atoms with Crippen LogP contribution in [0.25, 0.3) is 11.0 Å². The quantitative estimate of drug-likeness (QED) is 0.656. The lowest BCUT2D eigenvalue weighted by Crippen LogP contribution is -2.16. The summed E-state index contributed by atoms with van der Waals surface area (Å²) in [5.74, 6) is 0.944. The minimum Gasteiger partial charge on any atom is -0.372 e. The average molecular weight is 202 g/mol. The molecule has 4 heteroatoms. The molecule has 0 N–H and O–H groups in total. The predicted octanol–water partition coefficient (Wildman–Crippen LogP) is 1.38. The van der Waals surface area contributed by atoms with E-state index >= 15 is 0 Å². The molecule has 0 unspecified atom stereocenters. The fourth-order valence-electron chi connectivity index (χ4n) is 1.94. The number of ether oxygens (including phenoxy) is 1. The molecule has 0 atom stereocenters. The van der Waals surface area contributed by atoms with Crippen LogP contribution in [0.4, 0.5) is 0 Å². The third-order valence-electron chi connectivity index (χ3n) is 2.68. The zero-order valence-electron chi connectivity index (χ0n) is 8.14. The maximum Gasteiger partial charge on any atom is 0.150 e. The molecule has 1 aromatic carbocycles. The van der Waals surface area contributed by atoms with Gasteiger partial charge in [-0.05, 0) is 18.2 Å². The number of carbonyl (C=O) groups is 1. The van der Waals surface area contributed by atoms with Gasteiger partial charge >= 0.3 is 0 Å². The molecule has 2 heterocycles. The second-order valence-electron chi connectivity index (χ2n) is 3.60. The molecule has 1 aromatic heterocycles. The van der Waals surface area contributed by atoms with Gasteiger partial charge in [0.25, 0.3) is 0 Å². The second-order valence-corrected chi connectivity index (χ2v) is 3.60. The molecule has 1 aliphatic heterocycles. The van der Waals surface area contributed by atoms with Crippen LogP contribution in [0.3, 0.4) is 0 Å². The lowest BCUT2D eigenvalue weighted by atomic mass is 10.2. The van der Waals surface area contributed by atoms with Crippen LogP contribution in [-0.4, -0.2) is 22.4 Å². The molecule has 2 aromatic rings. The third kappa shape index (κ3) is 1.26. The predicted molar refractivity (Wildman–Crippen MR) is 54.8 cm³/mol. The normalized spacial score (nSPS) is 15.2. The van der Waals surface area contributed by atoms with E-state index in [1.165, 1.54) is 0 Å². The number of hydrogen-bond donors (Lipinski definition) is 0. The number of fused-ring (bicyclic) bond motifs is 3. The van der Waals surface area contributed by atoms with Gasteiger partial charge in [0.2, 0.25) is 0 Å². The first kappa shape index (κ1) is 8.61. The van der Waals surface area contributed by atoms with Crippen LogP contribution in [0.1, 0.15) is 16.2 Å². The van der Waals surface area contributed by atoms with Gasteiger partial charge in [0.15, 0.2) is 0 Å². The van der Waals surface area contributed by atoms with E-state index in [2.05, 4.69) is 9.55 Å². The number of nitrogens with zero attached hydrogens (tertiary/aromatic N) is 2. The second kappa shape index (κ2) is 3.17. The van der Waals surface area contributed by atoms with Gasteiger partial charge in [-0.3, -0.25) is 4.79 Å². The Kier molecular flexibility index (Phi) is 1.82. The van der Waals surface area contributed by atoms with Gasteiger partial charge in [-0.2, -0.15) is 0 Å². The Hall–Kier alpha value is -1.68. The Bertz CT molecular complexity index is 531. The van der Waals surface area contributed by atoms with Gasteiger partial charge < -0.3 is 9.30 Å². The van der Waals surface area contributed by atoms with E-state index in [1.807, 2.05) is 12.1 Å². The monoisotopic (exact) mass is 202 g/mol. The van der Waals surface area contributed by atoms with Crippen LogP contribution in [-0.2, 0) is 17.9 Å². The maximum atomic E-state index is 10.7. The van der Waals surface area contributed by atoms with Crippen LogP contribution in [0.2, 0.25) is 0 Å². The maximum absolute atomic E-state index is 10.7. The molecular weight excluding hydrogens is 192 g/mol. The molecule has 76 valence electrons. The van der Waals surface area contributed by atoms with Crippen molar-refractivity contribution in [3.05, 3.63) is 29.6 Å². The van der Waals surface area contributed by atoms with Gasteiger partial charge in [-0.15, -0.1) is 0 Å². The van der Waals surface area contributed by atoms with Crippen molar-refractivity contribution in [2.75, 3.05) is 6.61 Å². The summed E-state index contributed by atoms with van der Waals surface area (Å²) in [5, 5.41) is 0. The molecular formula is C11H10N2O2. The highest BCUT2D eigenvalue weighted by molar-refractivity contribution is 5.85. The van der Waals surface area contributed by atoms with Crippen LogP contribution in [0.5, 0.6) is 0 Å². The smallest absolute Gasteiger partial charge is 0.150 e. The number of aldehydes is 1. The Morgan fingerprint density at radius 1 is 1.47 bits per heavy atom. The summed E-state index contributed by atoms with van der Waals surface area (Å²) in [5.41, 5.74) is 2.65. The third-order valence-corrected chi connectivity index (χ3v) is 2.68. The van der Waals surface area contributed by atoms with Crippen molar-refractivity contribution in [1.29, 1.82) is 0 Å². The van der Waals surface area contributed by atoms with Gasteiger partial charge in [0, 0.05) is 12.1 Å². The largest absolute Gasteiger partial charge is 0.372 e. The molecule has 3 rings (SSSR count). The first-order chi connectivity index (χ1) is 7.38. The van der Waals surface area contributed by atoms with E-state index in [-0.39, 0.29) is 0 Å². The molecule has 0 aliphatic carbocycles. The Balaban J connectivity index is 2.29. The topological polar surface area (TPSA) is 44.1 Å². The lowest BCUT2D eigenvalue weighted by molar-refractivity contribution is 0.0830. The summed E-state index contributed by atoms with van der Waals surface area (Å²) >= 11 is 0. The van der Waals surface area contributed by atoms with Crippen molar-refractivity contribution in [3.8, 4) is 0 Å². The van der Waals surface area contributed by atoms with E-state index < -0.39 is 0 Å². The van der Waals surface area contributed by atoms with Crippen LogP contribution in [0, 0.1) is 0 Å². The minimum atomic E-state index is 0.561. The SMILES string of the molecule is O=Cc1ccc2nc3n(c2c1)CCOC3. The number of hydrogen-bond acceptors (Lipinski definition) is 3. The number of aromatic nitrogens is 2. The zero-order chi connectivity index (χ0) is 10.3. The standard InChI is InChI=1S/C11H10N2O2/c14-6-8-1-2-9-10(5-8)13-3-4-15-7-11(13)12-9/h1-2,5-6H,3-4,7H2. The van der Waals surface area contributed by atoms with Crippen LogP contribution >= 0.6 is 0 Å². The molecule has 0 fully saturated rings. The van der Waals surface area contributed by atoms with Crippen molar-refractivity contribution in [1.82, 2.24) is 9.55 Å². The highest BCUT2D eigenvalue weighted by Gasteiger charge is 2.14. The van der Waals surface area contributed by atoms with Crippen molar-refractivity contribution in [2.24, 2.45) is 0 Å². The summed E-state index contributed by atoms with van der Waals surface area (Å²) < 4.78 is 7.45. The van der Waals surface area contributed by atoms with Gasteiger partial charge in [0.1, 0.15) is 18.7 Å². The van der Waals surface area contributed by atoms with E-state index in [0.717, 1.165) is 29.7 Å². The van der Waals surface area contributed by atoms with E-state index in [1.54, 1.807) is 6.07 Å². The summed E-state index contributed by atoms with van der Waals surface area (Å²) in [6.45, 7) is 2.09. The molecule has 0 amide bonds. The van der Waals surface area contributed by atoms with E-state index in [4.69, 9.17) is 4.74 Å². The molecule has 0 saturated carbocycles. The molecule has 4 nitrogen and oxygen atoms in total. The molecule has 0 radical (unpaired) electrons. The molecule has 1 aliphatic rings. The highest BCUT2D eigenvalue weighted by Crippen LogP contribution is 2.20. The fraction of sp³-hybridized carbons (Fsp3) is 0.273. The highest BCUT2D eigenvalue weighted by atomic mass is 16.5. The van der Waals surface area contributed by atoms with E-state index in [0.29, 0.717) is 18.8 Å². The number of carbonyl (C=O) groups excluding carboxylic acids is 1. The number of benzene rings is 1. The Labute approximate surface area is 86.5 Å². The van der Waals surface area contributed by atoms with Gasteiger partial charge in [0.05, 0.1) is 17.6 Å². The van der Waals surface area contributed by atoms with Crippen molar-refractivity contribution >= 4 is 17.3 Å². The fourth-order valence-corrected chi connectivity index (χ4v) is 1.94. The molecule has 0 spiro atoms. The van der Waals surface area contributed by atoms with Crippen LogP contribution in [0.15, 0.2) is 18.2 Å². The summed E-state index contributed by atoms with van der Waals surface area (Å²) in [6, 6.07) is 5.55. The van der Waals surface area contributed by atoms with Crippen molar-refractivity contribution in [2.45, 2.75) is 13.2 Å². The lowest BCUT2D eigenvalue weighted by Gasteiger charge is -2.14. The Morgan fingerprint density at radius 3 is 3.27 bits per heavy atom. The summed E-state index contributed by atoms with van der Waals surface area (Å²) in [6.07, 6.45) is 0.860. The van der Waals surface area contributed by atoms with E-state index in [9.17, 15) is 4.79 Å². The van der Waals surface area contributed by atoms with Crippen molar-refractivity contribution in [3.63, 3.8) is 0 Å². The van der Waals surface area contributed by atoms with Gasteiger partial charge in [-0.25, -0.2) is 4.98 Å². The number of imidazole rings is 1. The number of rotatable bonds is 1. The minimum absolute atomic E-state index is 0.561. The average Bonchev–Trinajstić information content (AvgIpc) is 2.66. The molecule has 15 heavy (non-hydrogen) atoms. The first-order valence-corrected chi connectivity index (χ1v) is 4.90. The van der Waals surface area contributed by atoms with Crippen molar-refractivity contribution < 1.29 is 9.53 Å².